The summed E-state index contributed by atoms with van der Waals surface area (Å²) in [5, 5.41) is 11.8. The lowest BCUT2D eigenvalue weighted by Crippen LogP contribution is -2.69. The first-order valence-electron chi connectivity index (χ1n) is 13.0. The van der Waals surface area contributed by atoms with Gasteiger partial charge in [-0.1, -0.05) is 46.3 Å². The second-order valence-electron chi connectivity index (χ2n) is 11.4. The van der Waals surface area contributed by atoms with Crippen LogP contribution in [0.4, 0.5) is 0 Å². The van der Waals surface area contributed by atoms with Crippen molar-refractivity contribution >= 4 is 35.1 Å². The molecule has 0 heterocycles. The van der Waals surface area contributed by atoms with Gasteiger partial charge in [0.15, 0.2) is 18.0 Å². The van der Waals surface area contributed by atoms with Crippen LogP contribution in [0.15, 0.2) is 23.8 Å². The first-order chi connectivity index (χ1) is 16.8. The predicted octanol–water partition coefficient (Wildman–Crippen LogP) is 4.09. The molecule has 8 atom stereocenters. The molecule has 8 heteroatoms. The van der Waals surface area contributed by atoms with Gasteiger partial charge in [-0.2, -0.15) is 0 Å². The number of rotatable bonds is 6. The summed E-state index contributed by atoms with van der Waals surface area (Å²) in [4.78, 5) is 49.5. The number of hydrogen-bond acceptors (Lipinski definition) is 7. The zero-order valence-electron chi connectivity index (χ0n) is 21.8. The van der Waals surface area contributed by atoms with Gasteiger partial charge in [0.1, 0.15) is 0 Å². The second-order valence-corrected chi connectivity index (χ2v) is 12.0. The Hall–Kier alpha value is -1.99. The minimum atomic E-state index is -1.55. The Morgan fingerprint density at radius 2 is 1.81 bits per heavy atom. The summed E-state index contributed by atoms with van der Waals surface area (Å²) in [7, 11) is 0. The molecule has 36 heavy (non-hydrogen) atoms. The van der Waals surface area contributed by atoms with Crippen LogP contribution in [0.5, 0.6) is 0 Å². The molecule has 0 unspecified atom stereocenters. The number of allylic oxidation sites excluding steroid dienone is 4. The van der Waals surface area contributed by atoms with E-state index in [9.17, 15) is 24.3 Å². The quantitative estimate of drug-likeness (QED) is 0.415. The van der Waals surface area contributed by atoms with E-state index in [4.69, 9.17) is 21.1 Å². The monoisotopic (exact) mass is 520 g/mol. The number of aliphatic hydroxyl groups is 1. The van der Waals surface area contributed by atoms with Gasteiger partial charge in [-0.15, -0.1) is 11.6 Å². The van der Waals surface area contributed by atoms with Crippen molar-refractivity contribution in [2.75, 3.05) is 6.61 Å². The van der Waals surface area contributed by atoms with Gasteiger partial charge in [0, 0.05) is 29.6 Å². The Kier molecular flexibility index (Phi) is 6.83. The van der Waals surface area contributed by atoms with Crippen molar-refractivity contribution in [2.45, 2.75) is 89.7 Å². The largest absolute Gasteiger partial charge is 0.457 e. The molecule has 0 radical (unpaired) electrons. The molecule has 7 nitrogen and oxygen atoms in total. The number of esters is 2. The molecule has 0 aromatic heterocycles. The zero-order chi connectivity index (χ0) is 26.7. The first-order valence-corrected chi connectivity index (χ1v) is 13.4. The lowest BCUT2D eigenvalue weighted by atomic mass is 9.45. The lowest BCUT2D eigenvalue weighted by molar-refractivity contribution is -0.203. The van der Waals surface area contributed by atoms with E-state index in [0.717, 1.165) is 5.57 Å². The van der Waals surface area contributed by atoms with E-state index in [1.165, 1.54) is 6.08 Å². The van der Waals surface area contributed by atoms with Crippen LogP contribution in [-0.4, -0.2) is 51.8 Å². The number of Topliss-reactive ketones (excluding diaryl/α,β-unsaturated/α-hetero) is 1. The van der Waals surface area contributed by atoms with Crippen molar-refractivity contribution in [1.29, 1.82) is 0 Å². The summed E-state index contributed by atoms with van der Waals surface area (Å²) in [5.41, 5.74) is -2.27. The Bertz CT molecular complexity index is 1050. The number of alkyl halides is 1. The predicted molar refractivity (Wildman–Crippen MR) is 133 cm³/mol. The maximum atomic E-state index is 13.9. The smallest absolute Gasteiger partial charge is 0.306 e. The summed E-state index contributed by atoms with van der Waals surface area (Å²) in [6.07, 6.45) is 6.18. The fraction of sp³-hybridized carbons (Fsp3) is 0.714. The number of carbonyl (C=O) groups is 4. The van der Waals surface area contributed by atoms with E-state index in [0.29, 0.717) is 19.3 Å². The van der Waals surface area contributed by atoms with Crippen molar-refractivity contribution in [1.82, 2.24) is 0 Å². The average Bonchev–Trinajstić information content (AvgIpc) is 3.05. The Morgan fingerprint density at radius 1 is 1.14 bits per heavy atom. The van der Waals surface area contributed by atoms with Crippen LogP contribution in [0, 0.1) is 28.6 Å². The normalized spacial score (nSPS) is 43.1. The highest BCUT2D eigenvalue weighted by Gasteiger charge is 2.76. The third-order valence-corrected chi connectivity index (χ3v) is 10.7. The molecule has 0 bridgehead atoms. The number of hydrogen-bond donors (Lipinski definition) is 1. The number of aliphatic hydroxyl groups excluding tert-OH is 1. The number of ether oxygens (including phenoxy) is 2. The lowest BCUT2D eigenvalue weighted by Gasteiger charge is -2.64. The number of carbonyl (C=O) groups excluding carboxylic acids is 4. The van der Waals surface area contributed by atoms with Gasteiger partial charge in [-0.05, 0) is 49.7 Å². The van der Waals surface area contributed by atoms with Crippen LogP contribution in [0.1, 0.15) is 73.1 Å². The number of fused-ring (bicyclic) bond motifs is 5. The molecule has 1 N–H and O–H groups in total. The highest BCUT2D eigenvalue weighted by Crippen LogP contribution is 2.72. The van der Waals surface area contributed by atoms with Crippen molar-refractivity contribution < 1.29 is 33.8 Å². The molecule has 0 spiro atoms. The van der Waals surface area contributed by atoms with E-state index < -0.39 is 51.7 Å². The van der Waals surface area contributed by atoms with Crippen LogP contribution in [-0.2, 0) is 28.7 Å². The molecule has 3 fully saturated rings. The van der Waals surface area contributed by atoms with Gasteiger partial charge in [0.2, 0.25) is 5.78 Å². The molecule has 198 valence electrons. The Labute approximate surface area is 217 Å². The summed E-state index contributed by atoms with van der Waals surface area (Å²) in [6.45, 7) is 8.61. The summed E-state index contributed by atoms with van der Waals surface area (Å²) in [6, 6.07) is 0. The topological polar surface area (TPSA) is 107 Å². The van der Waals surface area contributed by atoms with E-state index in [2.05, 4.69) is 0 Å². The molecule has 0 amide bonds. The second kappa shape index (κ2) is 9.09. The highest BCUT2D eigenvalue weighted by molar-refractivity contribution is 6.26. The number of halogens is 1. The first kappa shape index (κ1) is 27.1. The van der Waals surface area contributed by atoms with Gasteiger partial charge in [-0.25, -0.2) is 0 Å². The minimum absolute atomic E-state index is 0.0801. The van der Waals surface area contributed by atoms with Gasteiger partial charge >= 0.3 is 11.9 Å². The van der Waals surface area contributed by atoms with Crippen LogP contribution in [0.3, 0.4) is 0 Å². The van der Waals surface area contributed by atoms with Gasteiger partial charge in [0.25, 0.3) is 0 Å². The molecule has 0 saturated heterocycles. The van der Waals surface area contributed by atoms with Crippen molar-refractivity contribution in [3.8, 4) is 0 Å². The summed E-state index contributed by atoms with van der Waals surface area (Å²) >= 11 is 7.48. The highest BCUT2D eigenvalue weighted by atomic mass is 35.5. The molecular weight excluding hydrogens is 484 g/mol. The van der Waals surface area contributed by atoms with E-state index in [1.807, 2.05) is 26.8 Å². The van der Waals surface area contributed by atoms with Crippen LogP contribution in [0.25, 0.3) is 0 Å². The van der Waals surface area contributed by atoms with Crippen molar-refractivity contribution in [3.63, 3.8) is 0 Å². The standard InChI is InChI=1S/C28H37ClO7/c1-6-23(33)35-15-22(32)28(36-24(34)7-2)16(3)12-20-19-9-8-17-13-18(30)10-11-25(17,4)27(19,29)21(31)14-26(20,28)5/h10-11,13,16,19-21,31H,6-9,12,14-15H2,1-5H3/t16-,19-,20+,21+,25+,26+,27-,28+/m1/s1. The molecule has 0 aromatic rings. The molecule has 4 aliphatic rings. The molecular formula is C28H37ClO7. The van der Waals surface area contributed by atoms with E-state index >= 15 is 0 Å². The molecule has 4 aliphatic carbocycles. The van der Waals surface area contributed by atoms with Gasteiger partial charge < -0.3 is 14.6 Å². The van der Waals surface area contributed by atoms with Gasteiger partial charge in [-0.3, -0.25) is 19.2 Å². The minimum Gasteiger partial charge on any atom is -0.457 e. The van der Waals surface area contributed by atoms with Crippen molar-refractivity contribution in [2.24, 2.45) is 28.6 Å². The zero-order valence-corrected chi connectivity index (χ0v) is 22.5. The molecule has 3 saturated carbocycles. The fourth-order valence-electron chi connectivity index (χ4n) is 8.01. The van der Waals surface area contributed by atoms with E-state index in [1.54, 1.807) is 19.9 Å². The SMILES string of the molecule is CCC(=O)OCC(=O)[C@@]1(OC(=O)CC)[C@H](C)C[C@H]2[C@H]3CCC4=CC(=O)C=C[C@]4(C)[C@]3(Cl)[C@@H](O)C[C@@]21C. The summed E-state index contributed by atoms with van der Waals surface area (Å²) < 4.78 is 11.3. The number of ketones is 2. The third-order valence-electron chi connectivity index (χ3n) is 9.81. The fourth-order valence-corrected chi connectivity index (χ4v) is 8.53. The maximum absolute atomic E-state index is 13.9. The summed E-state index contributed by atoms with van der Waals surface area (Å²) in [5.74, 6) is -2.24. The van der Waals surface area contributed by atoms with E-state index in [-0.39, 0.29) is 42.8 Å². The van der Waals surface area contributed by atoms with Crippen LogP contribution in [0.2, 0.25) is 0 Å². The molecule has 0 aliphatic heterocycles. The van der Waals surface area contributed by atoms with Crippen LogP contribution < -0.4 is 0 Å². The van der Waals surface area contributed by atoms with Crippen molar-refractivity contribution in [3.05, 3.63) is 23.8 Å². The third kappa shape index (κ3) is 3.48. The Balaban J connectivity index is 1.80. The molecule has 0 aromatic carbocycles. The van der Waals surface area contributed by atoms with Crippen LogP contribution >= 0.6 is 11.6 Å². The van der Waals surface area contributed by atoms with Gasteiger partial charge in [0.05, 0.1) is 11.0 Å². The Morgan fingerprint density at radius 3 is 2.44 bits per heavy atom. The molecule has 4 rings (SSSR count). The maximum Gasteiger partial charge on any atom is 0.306 e. The average molecular weight is 521 g/mol.